The molecule has 4 rings (SSSR count). The highest BCUT2D eigenvalue weighted by Crippen LogP contribution is 2.26. The molecule has 0 saturated carbocycles. The van der Waals surface area contributed by atoms with Crippen LogP contribution in [-0.4, -0.2) is 26.5 Å². The largest absolute Gasteiger partial charge is 0.308 e. The molecule has 3 aromatic rings. The van der Waals surface area contributed by atoms with Gasteiger partial charge in [-0.05, 0) is 42.6 Å². The van der Waals surface area contributed by atoms with Crippen LogP contribution in [0.1, 0.15) is 22.7 Å². The van der Waals surface area contributed by atoms with Gasteiger partial charge in [0.15, 0.2) is 0 Å². The molecule has 26 heavy (non-hydrogen) atoms. The lowest BCUT2D eigenvalue weighted by Gasteiger charge is -2.27. The maximum atomic E-state index is 13.0. The summed E-state index contributed by atoms with van der Waals surface area (Å²) in [6.45, 7) is 2.96. The Kier molecular flexibility index (Phi) is 4.48. The number of aromatic nitrogens is 1. The van der Waals surface area contributed by atoms with Crippen molar-refractivity contribution in [1.82, 2.24) is 15.0 Å². The molecule has 134 valence electrons. The number of benzene rings is 2. The summed E-state index contributed by atoms with van der Waals surface area (Å²) in [5.41, 5.74) is 3.64. The van der Waals surface area contributed by atoms with Crippen molar-refractivity contribution in [3.8, 4) is 0 Å². The summed E-state index contributed by atoms with van der Waals surface area (Å²) in [5, 5.41) is 4.23. The van der Waals surface area contributed by atoms with E-state index in [1.165, 1.54) is 5.56 Å². The van der Waals surface area contributed by atoms with Gasteiger partial charge in [-0.15, -0.1) is 0 Å². The van der Waals surface area contributed by atoms with Crippen molar-refractivity contribution < 1.29 is 8.42 Å². The molecule has 0 fully saturated rings. The molecule has 2 N–H and O–H groups in total. The van der Waals surface area contributed by atoms with Crippen LogP contribution in [0.3, 0.4) is 0 Å². The van der Waals surface area contributed by atoms with Crippen LogP contribution >= 0.6 is 0 Å². The lowest BCUT2D eigenvalue weighted by Crippen LogP contribution is -2.39. The molecule has 1 unspecified atom stereocenters. The van der Waals surface area contributed by atoms with E-state index < -0.39 is 10.0 Å². The molecule has 0 radical (unpaired) electrons. The van der Waals surface area contributed by atoms with Gasteiger partial charge in [-0.3, -0.25) is 4.98 Å². The number of nitrogens with zero attached hydrogens (tertiary/aromatic N) is 1. The van der Waals surface area contributed by atoms with Gasteiger partial charge in [-0.2, -0.15) is 0 Å². The van der Waals surface area contributed by atoms with E-state index in [1.54, 1.807) is 13.1 Å². The molecule has 5 nitrogen and oxygen atoms in total. The summed E-state index contributed by atoms with van der Waals surface area (Å²) in [5.74, 6) is 0. The molecule has 1 aliphatic heterocycles. The first-order valence-corrected chi connectivity index (χ1v) is 10.2. The topological polar surface area (TPSA) is 71.1 Å². The highest BCUT2D eigenvalue weighted by molar-refractivity contribution is 7.89. The van der Waals surface area contributed by atoms with Crippen LogP contribution in [0, 0.1) is 6.92 Å². The molecule has 0 amide bonds. The zero-order valence-electron chi connectivity index (χ0n) is 14.6. The summed E-state index contributed by atoms with van der Waals surface area (Å²) >= 11 is 0. The van der Waals surface area contributed by atoms with Gasteiger partial charge < -0.3 is 5.32 Å². The lowest BCUT2D eigenvalue weighted by atomic mass is 9.95. The van der Waals surface area contributed by atoms with E-state index in [1.807, 2.05) is 36.4 Å². The molecule has 2 aromatic carbocycles. The summed E-state index contributed by atoms with van der Waals surface area (Å²) in [7, 11) is -3.67. The molecule has 0 spiro atoms. The van der Waals surface area contributed by atoms with Crippen LogP contribution in [0.5, 0.6) is 0 Å². The third-order valence-electron chi connectivity index (χ3n) is 4.89. The summed E-state index contributed by atoms with van der Waals surface area (Å²) < 4.78 is 28.9. The fourth-order valence-electron chi connectivity index (χ4n) is 3.60. The molecule has 2 heterocycles. The van der Waals surface area contributed by atoms with Gasteiger partial charge in [0.1, 0.15) is 4.90 Å². The fraction of sp³-hybridized carbons (Fsp3) is 0.250. The Hall–Kier alpha value is -2.28. The molecule has 0 bridgehead atoms. The number of sulfonamides is 1. The number of pyridine rings is 1. The number of aryl methyl sites for hydroxylation is 1. The number of nitrogens with one attached hydrogen (secondary N) is 2. The average molecular weight is 367 g/mol. The Morgan fingerprint density at radius 1 is 1.15 bits per heavy atom. The Balaban J connectivity index is 1.65. The highest BCUT2D eigenvalue weighted by Gasteiger charge is 2.25. The maximum absolute atomic E-state index is 13.0. The molecular weight excluding hydrogens is 346 g/mol. The first-order chi connectivity index (χ1) is 12.6. The van der Waals surface area contributed by atoms with E-state index >= 15 is 0 Å². The monoisotopic (exact) mass is 367 g/mol. The highest BCUT2D eigenvalue weighted by atomic mass is 32.2. The molecule has 1 aromatic heterocycles. The Morgan fingerprint density at radius 3 is 2.88 bits per heavy atom. The summed E-state index contributed by atoms with van der Waals surface area (Å²) in [6.07, 6.45) is 2.59. The van der Waals surface area contributed by atoms with Crippen molar-refractivity contribution in [2.24, 2.45) is 0 Å². The van der Waals surface area contributed by atoms with E-state index in [4.69, 9.17) is 0 Å². The minimum absolute atomic E-state index is 0.0297. The van der Waals surface area contributed by atoms with Crippen LogP contribution in [0.25, 0.3) is 10.9 Å². The number of rotatable bonds is 4. The molecule has 6 heteroatoms. The molecule has 1 atom stereocenters. The van der Waals surface area contributed by atoms with Gasteiger partial charge in [0.2, 0.25) is 10.0 Å². The van der Waals surface area contributed by atoms with Gasteiger partial charge in [0.25, 0.3) is 0 Å². The third-order valence-corrected chi connectivity index (χ3v) is 6.49. The van der Waals surface area contributed by atoms with E-state index in [0.29, 0.717) is 17.6 Å². The molecule has 0 aliphatic carbocycles. The Bertz CT molecular complexity index is 1060. The van der Waals surface area contributed by atoms with Gasteiger partial charge in [0.05, 0.1) is 5.52 Å². The number of fused-ring (bicyclic) bond motifs is 2. The van der Waals surface area contributed by atoms with Gasteiger partial charge in [0, 0.05) is 24.2 Å². The zero-order valence-corrected chi connectivity index (χ0v) is 15.4. The SMILES string of the molecule is Cc1ccc2cccnc2c1S(=O)(=O)NCC1NCCc2ccccc21. The fourth-order valence-corrected chi connectivity index (χ4v) is 5.05. The minimum atomic E-state index is -3.67. The summed E-state index contributed by atoms with van der Waals surface area (Å²) in [6, 6.07) is 15.6. The van der Waals surface area contributed by atoms with Crippen LogP contribution in [-0.2, 0) is 16.4 Å². The van der Waals surface area contributed by atoms with Crippen molar-refractivity contribution in [2.45, 2.75) is 24.3 Å². The second kappa shape index (κ2) is 6.79. The maximum Gasteiger partial charge on any atom is 0.243 e. The second-order valence-corrected chi connectivity index (χ2v) is 8.30. The van der Waals surface area contributed by atoms with E-state index in [0.717, 1.165) is 23.9 Å². The average Bonchev–Trinajstić information content (AvgIpc) is 2.66. The summed E-state index contributed by atoms with van der Waals surface area (Å²) in [4.78, 5) is 4.57. The van der Waals surface area contributed by atoms with Crippen molar-refractivity contribution in [1.29, 1.82) is 0 Å². The van der Waals surface area contributed by atoms with Gasteiger partial charge in [-0.25, -0.2) is 13.1 Å². The molecular formula is C20H21N3O2S. The normalized spacial score (nSPS) is 17.2. The first-order valence-electron chi connectivity index (χ1n) is 8.71. The van der Waals surface area contributed by atoms with Crippen LogP contribution in [0.4, 0.5) is 0 Å². The predicted octanol–water partition coefficient (Wildman–Crippen LogP) is 2.71. The van der Waals surface area contributed by atoms with E-state index in [-0.39, 0.29) is 10.9 Å². The quantitative estimate of drug-likeness (QED) is 0.744. The van der Waals surface area contributed by atoms with Gasteiger partial charge in [-0.1, -0.05) is 42.5 Å². The van der Waals surface area contributed by atoms with Crippen LogP contribution in [0.2, 0.25) is 0 Å². The smallest absolute Gasteiger partial charge is 0.243 e. The van der Waals surface area contributed by atoms with Crippen molar-refractivity contribution >= 4 is 20.9 Å². The van der Waals surface area contributed by atoms with Gasteiger partial charge >= 0.3 is 0 Å². The number of hydrogen-bond donors (Lipinski definition) is 2. The van der Waals surface area contributed by atoms with Crippen molar-refractivity contribution in [3.05, 3.63) is 71.4 Å². The lowest BCUT2D eigenvalue weighted by molar-refractivity contribution is 0.491. The first kappa shape index (κ1) is 17.1. The van der Waals surface area contributed by atoms with E-state index in [2.05, 4.69) is 27.2 Å². The van der Waals surface area contributed by atoms with Crippen LogP contribution < -0.4 is 10.0 Å². The van der Waals surface area contributed by atoms with Crippen LogP contribution in [0.15, 0.2) is 59.6 Å². The Morgan fingerprint density at radius 2 is 2.00 bits per heavy atom. The van der Waals surface area contributed by atoms with E-state index in [9.17, 15) is 8.42 Å². The number of hydrogen-bond acceptors (Lipinski definition) is 4. The standard InChI is InChI=1S/C20H21N3O2S/c1-14-8-9-16-6-4-11-22-19(16)20(14)26(24,25)23-13-18-17-7-3-2-5-15(17)10-12-21-18/h2-9,11,18,21,23H,10,12-13H2,1H3. The molecule has 1 aliphatic rings. The second-order valence-electron chi connectivity index (χ2n) is 6.59. The van der Waals surface area contributed by atoms with Crippen molar-refractivity contribution in [3.63, 3.8) is 0 Å². The molecule has 0 saturated heterocycles. The Labute approximate surface area is 153 Å². The minimum Gasteiger partial charge on any atom is -0.308 e. The zero-order chi connectivity index (χ0) is 18.1. The third kappa shape index (κ3) is 3.11. The predicted molar refractivity (Wildman–Crippen MR) is 103 cm³/mol. The van der Waals surface area contributed by atoms with Crippen molar-refractivity contribution in [2.75, 3.05) is 13.1 Å².